The van der Waals surface area contributed by atoms with Gasteiger partial charge in [-0.25, -0.2) is 4.98 Å². The quantitative estimate of drug-likeness (QED) is 0.736. The van der Waals surface area contributed by atoms with Crippen molar-refractivity contribution in [3.8, 4) is 0 Å². The number of alkyl halides is 1. The number of thiophene rings is 1. The summed E-state index contributed by atoms with van der Waals surface area (Å²) in [4.78, 5) is 6.76. The lowest BCUT2D eigenvalue weighted by Gasteiger charge is -2.02. The van der Waals surface area contributed by atoms with Crippen LogP contribution in [0.5, 0.6) is 0 Å². The fraction of sp³-hybridized carbons (Fsp3) is 0.300. The average Bonchev–Trinajstić information content (AvgIpc) is 2.76. The number of hydrogen-bond acceptors (Lipinski definition) is 2. The number of aryl methyl sites for hydroxylation is 1. The van der Waals surface area contributed by atoms with Crippen LogP contribution in [-0.2, 0) is 12.4 Å². The fourth-order valence-electron chi connectivity index (χ4n) is 1.34. The maximum absolute atomic E-state index is 5.79. The zero-order chi connectivity index (χ0) is 9.97. The first-order valence-corrected chi connectivity index (χ1v) is 5.75. The lowest BCUT2D eigenvalue weighted by atomic mass is 10.4. The Bertz CT molecular complexity index is 419. The maximum Gasteiger partial charge on any atom is 0.0951 e. The van der Waals surface area contributed by atoms with E-state index in [9.17, 15) is 0 Å². The van der Waals surface area contributed by atoms with Crippen molar-refractivity contribution in [3.63, 3.8) is 0 Å². The molecule has 2 nitrogen and oxygen atoms in total. The SMILES string of the molecule is Cc1ccc(Cn2cncc2CCl)s1. The van der Waals surface area contributed by atoms with Crippen molar-refractivity contribution in [2.45, 2.75) is 19.3 Å². The molecule has 0 saturated carbocycles. The number of rotatable bonds is 3. The molecule has 0 radical (unpaired) electrons. The van der Waals surface area contributed by atoms with Gasteiger partial charge in [0.1, 0.15) is 0 Å². The summed E-state index contributed by atoms with van der Waals surface area (Å²) in [5, 5.41) is 0. The Morgan fingerprint density at radius 1 is 1.50 bits per heavy atom. The highest BCUT2D eigenvalue weighted by Gasteiger charge is 2.02. The van der Waals surface area contributed by atoms with E-state index in [1.54, 1.807) is 0 Å². The van der Waals surface area contributed by atoms with Crippen molar-refractivity contribution in [2.75, 3.05) is 0 Å². The van der Waals surface area contributed by atoms with Crippen LogP contribution < -0.4 is 0 Å². The second-order valence-electron chi connectivity index (χ2n) is 3.16. The molecule has 0 amide bonds. The predicted molar refractivity (Wildman–Crippen MR) is 59.9 cm³/mol. The summed E-state index contributed by atoms with van der Waals surface area (Å²) in [6.07, 6.45) is 3.64. The Morgan fingerprint density at radius 2 is 2.36 bits per heavy atom. The van der Waals surface area contributed by atoms with E-state index in [1.807, 2.05) is 23.9 Å². The van der Waals surface area contributed by atoms with Gasteiger partial charge in [-0.1, -0.05) is 0 Å². The second kappa shape index (κ2) is 4.15. The summed E-state index contributed by atoms with van der Waals surface area (Å²) in [5.74, 6) is 0.518. The third-order valence-electron chi connectivity index (χ3n) is 2.06. The van der Waals surface area contributed by atoms with E-state index in [0.29, 0.717) is 5.88 Å². The zero-order valence-corrected chi connectivity index (χ0v) is 9.48. The Morgan fingerprint density at radius 3 is 3.00 bits per heavy atom. The number of hydrogen-bond donors (Lipinski definition) is 0. The van der Waals surface area contributed by atoms with Crippen molar-refractivity contribution >= 4 is 22.9 Å². The van der Waals surface area contributed by atoms with Crippen LogP contribution in [0.15, 0.2) is 24.7 Å². The van der Waals surface area contributed by atoms with Crippen LogP contribution >= 0.6 is 22.9 Å². The minimum absolute atomic E-state index is 0.518. The van der Waals surface area contributed by atoms with Gasteiger partial charge in [-0.15, -0.1) is 22.9 Å². The molecule has 2 aromatic rings. The molecule has 74 valence electrons. The molecular weight excluding hydrogens is 216 g/mol. The topological polar surface area (TPSA) is 17.8 Å². The van der Waals surface area contributed by atoms with Crippen LogP contribution in [0.1, 0.15) is 15.4 Å². The lowest BCUT2D eigenvalue weighted by molar-refractivity contribution is 0.776. The van der Waals surface area contributed by atoms with Crippen molar-refractivity contribution in [2.24, 2.45) is 0 Å². The van der Waals surface area contributed by atoms with Gasteiger partial charge in [0.25, 0.3) is 0 Å². The summed E-state index contributed by atoms with van der Waals surface area (Å²) in [6.45, 7) is 2.99. The third-order valence-corrected chi connectivity index (χ3v) is 3.32. The lowest BCUT2D eigenvalue weighted by Crippen LogP contribution is -1.99. The van der Waals surface area contributed by atoms with Crippen LogP contribution in [-0.4, -0.2) is 9.55 Å². The van der Waals surface area contributed by atoms with Gasteiger partial charge in [0, 0.05) is 16.0 Å². The first kappa shape index (κ1) is 9.74. The van der Waals surface area contributed by atoms with Gasteiger partial charge >= 0.3 is 0 Å². The van der Waals surface area contributed by atoms with Crippen LogP contribution in [0, 0.1) is 6.92 Å². The van der Waals surface area contributed by atoms with Gasteiger partial charge in [0.2, 0.25) is 0 Å². The summed E-state index contributed by atoms with van der Waals surface area (Å²) < 4.78 is 2.08. The zero-order valence-electron chi connectivity index (χ0n) is 7.90. The van der Waals surface area contributed by atoms with Crippen molar-refractivity contribution in [1.82, 2.24) is 9.55 Å². The third kappa shape index (κ3) is 1.99. The molecule has 2 heterocycles. The molecule has 2 aromatic heterocycles. The maximum atomic E-state index is 5.79. The Kier molecular flexibility index (Phi) is 2.89. The van der Waals surface area contributed by atoms with Gasteiger partial charge in [0.15, 0.2) is 0 Å². The molecule has 2 rings (SSSR count). The molecule has 4 heteroatoms. The molecule has 0 saturated heterocycles. The average molecular weight is 227 g/mol. The normalized spacial score (nSPS) is 10.7. The van der Waals surface area contributed by atoms with E-state index in [-0.39, 0.29) is 0 Å². The van der Waals surface area contributed by atoms with Crippen molar-refractivity contribution in [1.29, 1.82) is 0 Å². The summed E-state index contributed by atoms with van der Waals surface area (Å²) >= 11 is 7.60. The molecule has 0 aliphatic carbocycles. The molecule has 0 fully saturated rings. The minimum Gasteiger partial charge on any atom is -0.328 e. The molecular formula is C10H11ClN2S. The van der Waals surface area contributed by atoms with Gasteiger partial charge in [0.05, 0.1) is 24.4 Å². The first-order valence-electron chi connectivity index (χ1n) is 4.40. The molecule has 0 atom stereocenters. The smallest absolute Gasteiger partial charge is 0.0951 e. The largest absolute Gasteiger partial charge is 0.328 e. The summed E-state index contributed by atoms with van der Waals surface area (Å²) in [6, 6.07) is 4.29. The molecule has 0 bridgehead atoms. The number of imidazole rings is 1. The van der Waals surface area contributed by atoms with E-state index in [1.165, 1.54) is 9.75 Å². The highest BCUT2D eigenvalue weighted by molar-refractivity contribution is 7.11. The standard InChI is InChI=1S/C10H11ClN2S/c1-8-2-3-10(14-8)6-13-7-12-5-9(13)4-11/h2-3,5,7H,4,6H2,1H3. The molecule has 0 aliphatic heterocycles. The van der Waals surface area contributed by atoms with Crippen LogP contribution in [0.2, 0.25) is 0 Å². The van der Waals surface area contributed by atoms with Crippen LogP contribution in [0.25, 0.3) is 0 Å². The van der Waals surface area contributed by atoms with Gasteiger partial charge in [-0.05, 0) is 19.1 Å². The van der Waals surface area contributed by atoms with Crippen LogP contribution in [0.3, 0.4) is 0 Å². The van der Waals surface area contributed by atoms with E-state index < -0.39 is 0 Å². The Balaban J connectivity index is 2.18. The van der Waals surface area contributed by atoms with E-state index >= 15 is 0 Å². The Hall–Kier alpha value is -0.800. The molecule has 0 spiro atoms. The van der Waals surface area contributed by atoms with Crippen LogP contribution in [0.4, 0.5) is 0 Å². The van der Waals surface area contributed by atoms with Crippen molar-refractivity contribution in [3.05, 3.63) is 40.1 Å². The van der Waals surface area contributed by atoms with Crippen molar-refractivity contribution < 1.29 is 0 Å². The van der Waals surface area contributed by atoms with E-state index in [4.69, 9.17) is 11.6 Å². The summed E-state index contributed by atoms with van der Waals surface area (Å²) in [7, 11) is 0. The monoisotopic (exact) mass is 226 g/mol. The highest BCUT2D eigenvalue weighted by Crippen LogP contribution is 2.17. The van der Waals surface area contributed by atoms with E-state index in [2.05, 4.69) is 28.6 Å². The van der Waals surface area contributed by atoms with E-state index in [0.717, 1.165) is 12.2 Å². The number of aromatic nitrogens is 2. The molecule has 0 aromatic carbocycles. The van der Waals surface area contributed by atoms with Gasteiger partial charge in [-0.3, -0.25) is 0 Å². The minimum atomic E-state index is 0.518. The highest BCUT2D eigenvalue weighted by atomic mass is 35.5. The molecule has 14 heavy (non-hydrogen) atoms. The first-order chi connectivity index (χ1) is 6.79. The Labute approximate surface area is 92.2 Å². The predicted octanol–water partition coefficient (Wildman–Crippen LogP) is 3.04. The van der Waals surface area contributed by atoms with Gasteiger partial charge in [-0.2, -0.15) is 0 Å². The number of nitrogens with zero attached hydrogens (tertiary/aromatic N) is 2. The number of halogens is 1. The molecule has 0 unspecified atom stereocenters. The summed E-state index contributed by atoms with van der Waals surface area (Å²) in [5.41, 5.74) is 1.07. The fourth-order valence-corrected chi connectivity index (χ4v) is 2.45. The molecule has 0 N–H and O–H groups in total. The molecule has 0 aliphatic rings. The second-order valence-corrected chi connectivity index (χ2v) is 4.80. The van der Waals surface area contributed by atoms with Gasteiger partial charge < -0.3 is 4.57 Å².